The van der Waals surface area contributed by atoms with Gasteiger partial charge in [0.1, 0.15) is 23.2 Å². The molecule has 0 unspecified atom stereocenters. The van der Waals surface area contributed by atoms with Crippen molar-refractivity contribution in [1.82, 2.24) is 5.32 Å². The van der Waals surface area contributed by atoms with Crippen LogP contribution in [0.15, 0.2) is 18.2 Å². The number of ether oxygens (including phenoxy) is 2. The van der Waals surface area contributed by atoms with Crippen LogP contribution in [0.4, 0.5) is 32.0 Å². The highest BCUT2D eigenvalue weighted by molar-refractivity contribution is 6.32. The molecule has 0 bridgehead atoms. The molecule has 6 N–H and O–H groups in total. The number of nitrogens with one attached hydrogen (secondary N) is 2. The van der Waals surface area contributed by atoms with Crippen LogP contribution >= 0.6 is 0 Å². The zero-order valence-corrected chi connectivity index (χ0v) is 25.2. The number of fused-ring (bicyclic) bond motifs is 3. The maximum atomic E-state index is 13.8. The molecule has 0 spiro atoms. The number of rotatable bonds is 5. The van der Waals surface area contributed by atoms with Crippen LogP contribution in [0, 0.1) is 0 Å². The number of phenolic OH excluding ortho intramolecular Hbond substituents is 2. The summed E-state index contributed by atoms with van der Waals surface area (Å²) in [5, 5.41) is 47.7. The van der Waals surface area contributed by atoms with Crippen LogP contribution in [0.5, 0.6) is 11.5 Å². The van der Waals surface area contributed by atoms with Gasteiger partial charge in [-0.05, 0) is 19.9 Å². The summed E-state index contributed by atoms with van der Waals surface area (Å²) in [6, 6.07) is 1.33. The number of amides is 2. The number of aliphatic hydroxyl groups excluding tert-OH is 1. The first-order chi connectivity index (χ1) is 22.6. The van der Waals surface area contributed by atoms with Crippen molar-refractivity contribution < 1.29 is 80.2 Å². The highest BCUT2D eigenvalue weighted by atomic mass is 19.4. The van der Waals surface area contributed by atoms with Gasteiger partial charge in [-0.15, -0.1) is 0 Å². The molecular weight excluding hydrogens is 678 g/mol. The largest absolute Gasteiger partial charge is 0.507 e. The average Bonchev–Trinajstić information content (AvgIpc) is 2.98. The standard InChI is InChI=1S/C30H26F6N2O11/c1-9-21(40)14(38-27(46)30(34,35)36)6-16(48-9)49-15-8-28(47,10(2)39)7-12-18(15)25(44)20-19(23(12)42)22(41)11-4-3-5-13(17(11)24(20)43)37-26(45)29(31,32)33/h3-5,9,14-16,21,40,42,44,47H,6-8H2,1-2H3,(H,37,45)(H,38,46)/t9-,14-,15-,16-,21+,28-/m0/s1. The smallest absolute Gasteiger partial charge is 0.471 e. The van der Waals surface area contributed by atoms with Crippen molar-refractivity contribution in [3.8, 4) is 11.5 Å². The van der Waals surface area contributed by atoms with E-state index >= 15 is 0 Å². The number of hydrogen-bond donors (Lipinski definition) is 6. The van der Waals surface area contributed by atoms with Gasteiger partial charge in [0.05, 0.1) is 40.6 Å². The highest BCUT2D eigenvalue weighted by Gasteiger charge is 2.50. The molecule has 0 saturated carbocycles. The third-order valence-corrected chi connectivity index (χ3v) is 8.65. The Morgan fingerprint density at radius 3 is 2.16 bits per heavy atom. The number of benzene rings is 2. The van der Waals surface area contributed by atoms with Crippen LogP contribution in [-0.4, -0.2) is 92.1 Å². The Labute approximate surface area is 270 Å². The number of hydrogen-bond acceptors (Lipinski definition) is 11. The summed E-state index contributed by atoms with van der Waals surface area (Å²) in [5.41, 5.74) is -7.13. The van der Waals surface area contributed by atoms with Crippen molar-refractivity contribution in [3.05, 3.63) is 51.6 Å². The molecule has 49 heavy (non-hydrogen) atoms. The number of Topliss-reactive ketones (excluding diaryl/α,β-unsaturated/α-hetero) is 1. The summed E-state index contributed by atoms with van der Waals surface area (Å²) in [7, 11) is 0. The lowest BCUT2D eigenvalue weighted by molar-refractivity contribution is -0.250. The molecule has 6 atom stereocenters. The minimum atomic E-state index is -5.40. The first kappa shape index (κ1) is 35.7. The van der Waals surface area contributed by atoms with Gasteiger partial charge in [-0.1, -0.05) is 12.1 Å². The summed E-state index contributed by atoms with van der Waals surface area (Å²) in [6.45, 7) is 2.20. The summed E-state index contributed by atoms with van der Waals surface area (Å²) in [4.78, 5) is 63.3. The van der Waals surface area contributed by atoms with E-state index in [1.54, 1.807) is 5.32 Å². The fourth-order valence-corrected chi connectivity index (χ4v) is 6.18. The monoisotopic (exact) mass is 704 g/mol. The minimum Gasteiger partial charge on any atom is -0.507 e. The lowest BCUT2D eigenvalue weighted by Gasteiger charge is -2.42. The van der Waals surface area contributed by atoms with Crippen molar-refractivity contribution in [2.45, 2.75) is 81.7 Å². The third kappa shape index (κ3) is 6.22. The van der Waals surface area contributed by atoms with Crippen molar-refractivity contribution >= 4 is 34.9 Å². The van der Waals surface area contributed by atoms with E-state index in [0.717, 1.165) is 25.1 Å². The summed E-state index contributed by atoms with van der Waals surface area (Å²) in [5.74, 6) is -10.3. The fraction of sp³-hybridized carbons (Fsp3) is 0.433. The number of carbonyl (C=O) groups is 5. The van der Waals surface area contributed by atoms with E-state index in [1.165, 1.54) is 12.2 Å². The number of alkyl halides is 6. The van der Waals surface area contributed by atoms with E-state index in [1.807, 2.05) is 0 Å². The van der Waals surface area contributed by atoms with Gasteiger partial charge in [0.2, 0.25) is 0 Å². The van der Waals surface area contributed by atoms with Crippen molar-refractivity contribution in [2.24, 2.45) is 0 Å². The number of ketones is 3. The Morgan fingerprint density at radius 1 is 0.959 bits per heavy atom. The van der Waals surface area contributed by atoms with Gasteiger partial charge >= 0.3 is 24.2 Å². The number of carbonyl (C=O) groups excluding carboxylic acids is 5. The van der Waals surface area contributed by atoms with Crippen LogP contribution in [0.2, 0.25) is 0 Å². The minimum absolute atomic E-state index is 0.456. The molecule has 264 valence electrons. The molecule has 13 nitrogen and oxygen atoms in total. The Hall–Kier alpha value is -4.59. The Kier molecular flexibility index (Phi) is 8.80. The lowest BCUT2D eigenvalue weighted by atomic mass is 9.72. The van der Waals surface area contributed by atoms with Crippen LogP contribution in [0.1, 0.15) is 75.8 Å². The van der Waals surface area contributed by atoms with Gasteiger partial charge in [-0.2, -0.15) is 26.3 Å². The van der Waals surface area contributed by atoms with E-state index in [4.69, 9.17) is 9.47 Å². The number of anilines is 1. The molecule has 5 rings (SSSR count). The van der Waals surface area contributed by atoms with E-state index in [9.17, 15) is 70.7 Å². The summed E-state index contributed by atoms with van der Waals surface area (Å²) in [6.07, 6.45) is -19.1. The van der Waals surface area contributed by atoms with Crippen molar-refractivity contribution in [3.63, 3.8) is 0 Å². The molecular formula is C30H26F6N2O11. The third-order valence-electron chi connectivity index (χ3n) is 8.65. The van der Waals surface area contributed by atoms with Gasteiger partial charge in [-0.25, -0.2) is 0 Å². The first-order valence-corrected chi connectivity index (χ1v) is 14.4. The molecule has 1 aliphatic heterocycles. The number of halogens is 6. The zero-order chi connectivity index (χ0) is 36.5. The lowest BCUT2D eigenvalue weighted by Crippen LogP contribution is -2.57. The molecule has 2 amide bonds. The molecule has 2 aromatic carbocycles. The summed E-state index contributed by atoms with van der Waals surface area (Å²) >= 11 is 0. The second-order valence-corrected chi connectivity index (χ2v) is 11.8. The van der Waals surface area contributed by atoms with Gasteiger partial charge in [0.25, 0.3) is 0 Å². The SMILES string of the molecule is CC(=O)[C@]1(O)Cc2c(O)c3c(c(O)c2[C@@H](O[C@H]2C[C@H](NC(=O)C(F)(F)F)[C@H](O)[C@H](C)O2)C1)C(=O)c1c(NC(=O)C(F)(F)F)cccc1C3=O. The summed E-state index contributed by atoms with van der Waals surface area (Å²) < 4.78 is 89.3. The maximum Gasteiger partial charge on any atom is 0.471 e. The molecule has 2 aliphatic carbocycles. The van der Waals surface area contributed by atoms with Crippen LogP contribution in [0.3, 0.4) is 0 Å². The highest BCUT2D eigenvalue weighted by Crippen LogP contribution is 2.52. The van der Waals surface area contributed by atoms with Gasteiger partial charge < -0.3 is 40.5 Å². The Balaban J connectivity index is 1.60. The molecule has 3 aliphatic rings. The van der Waals surface area contributed by atoms with Gasteiger partial charge in [0, 0.05) is 36.0 Å². The number of phenols is 2. The van der Waals surface area contributed by atoms with E-state index in [0.29, 0.717) is 0 Å². The fourth-order valence-electron chi connectivity index (χ4n) is 6.18. The predicted molar refractivity (Wildman–Crippen MR) is 148 cm³/mol. The second kappa shape index (κ2) is 12.1. The first-order valence-electron chi connectivity index (χ1n) is 14.4. The Bertz CT molecular complexity index is 1790. The van der Waals surface area contributed by atoms with Gasteiger partial charge in [0.15, 0.2) is 23.6 Å². The van der Waals surface area contributed by atoms with Gasteiger partial charge in [-0.3, -0.25) is 24.0 Å². The maximum absolute atomic E-state index is 13.8. The molecule has 1 heterocycles. The topological polar surface area (TPSA) is 209 Å². The Morgan fingerprint density at radius 2 is 1.57 bits per heavy atom. The van der Waals surface area contributed by atoms with Crippen molar-refractivity contribution in [1.29, 1.82) is 0 Å². The van der Waals surface area contributed by atoms with E-state index < -0.39 is 148 Å². The predicted octanol–water partition coefficient (Wildman–Crippen LogP) is 2.24. The molecule has 0 radical (unpaired) electrons. The number of aromatic hydroxyl groups is 2. The zero-order valence-electron chi connectivity index (χ0n) is 25.2. The molecule has 1 fully saturated rings. The molecule has 0 aromatic heterocycles. The van der Waals surface area contributed by atoms with Crippen molar-refractivity contribution in [2.75, 3.05) is 5.32 Å². The normalized spacial score (nSPS) is 26.7. The number of aliphatic hydroxyl groups is 2. The van der Waals surface area contributed by atoms with Crippen LogP contribution in [0.25, 0.3) is 0 Å². The quantitative estimate of drug-likeness (QED) is 0.168. The van der Waals surface area contributed by atoms with Crippen LogP contribution in [-0.2, 0) is 30.3 Å². The molecule has 2 aromatic rings. The van der Waals surface area contributed by atoms with E-state index in [-0.39, 0.29) is 0 Å². The second-order valence-electron chi connectivity index (χ2n) is 11.8. The molecule has 19 heteroatoms. The van der Waals surface area contributed by atoms with E-state index in [2.05, 4.69) is 0 Å². The van der Waals surface area contributed by atoms with Crippen LogP contribution < -0.4 is 10.6 Å². The molecule has 1 saturated heterocycles. The average molecular weight is 705 g/mol.